The number of aromatic nitrogens is 4. The number of fused-ring (bicyclic) bond motifs is 1. The van der Waals surface area contributed by atoms with Crippen LogP contribution in [-0.4, -0.2) is 409 Å². The number of aliphatic hydroxyl groups excluding tert-OH is 10. The van der Waals surface area contributed by atoms with Crippen LogP contribution in [0.3, 0.4) is 0 Å². The molecule has 2 aromatic rings. The minimum absolute atomic E-state index is 0.0341. The lowest BCUT2D eigenvalue weighted by Crippen LogP contribution is -2.64. The molecule has 0 aromatic carbocycles. The number of rotatable bonds is 67. The van der Waals surface area contributed by atoms with Gasteiger partial charge in [0.1, 0.15) is 115 Å². The molecule has 140 heavy (non-hydrogen) atoms. The first kappa shape index (κ1) is 119. The maximum Gasteiger partial charge on any atom is 0.472 e. The van der Waals surface area contributed by atoms with Crippen molar-refractivity contribution in [2.24, 2.45) is 0 Å². The Labute approximate surface area is 809 Å². The van der Waals surface area contributed by atoms with Crippen molar-refractivity contribution < 1.29 is 184 Å². The quantitative estimate of drug-likeness (QED) is 0.0217. The maximum atomic E-state index is 14.4. The van der Waals surface area contributed by atoms with E-state index in [9.17, 15) is 123 Å². The van der Waals surface area contributed by atoms with E-state index in [2.05, 4.69) is 62.8 Å². The van der Waals surface area contributed by atoms with Gasteiger partial charge in [0, 0.05) is 144 Å². The van der Waals surface area contributed by atoms with Gasteiger partial charge in [-0.3, -0.25) is 70.9 Å². The number of likely N-dealkylation sites (tertiary alicyclic amines) is 1. The molecule has 5 saturated heterocycles. The van der Waals surface area contributed by atoms with E-state index in [4.69, 9.17) is 66.7 Å². The highest BCUT2D eigenvalue weighted by molar-refractivity contribution is 7.53. The highest BCUT2D eigenvalue weighted by Gasteiger charge is 2.50. The largest absolute Gasteiger partial charge is 0.472 e. The molecule has 7 rings (SSSR count). The summed E-state index contributed by atoms with van der Waals surface area (Å²) in [4.78, 5) is 178. The highest BCUT2D eigenvalue weighted by atomic mass is 31.2. The molecule has 0 spiro atoms. The van der Waals surface area contributed by atoms with Crippen LogP contribution in [-0.2, 0) is 123 Å². The van der Waals surface area contributed by atoms with Gasteiger partial charge in [0.2, 0.25) is 59.1 Å². The minimum atomic E-state index is -5.12. The molecule has 5 aliphatic rings. The number of hydrogen-bond acceptors (Lipinski definition) is 40. The van der Waals surface area contributed by atoms with Crippen LogP contribution >= 0.6 is 15.4 Å². The van der Waals surface area contributed by atoms with E-state index in [1.54, 1.807) is 0 Å². The number of β-amino-alcohol motifs (C(OH)–C–C–N with tert-alkyl or cyclic N) is 1. The number of unbranched alkanes of at least 4 members (excludes halogenated alkanes) is 4. The summed E-state index contributed by atoms with van der Waals surface area (Å²) < 4.78 is 103. The van der Waals surface area contributed by atoms with Gasteiger partial charge in [-0.1, -0.05) is 13.8 Å². The third-order valence-corrected chi connectivity index (χ3v) is 26.2. The monoisotopic (exact) mass is 2050 g/mol. The molecule has 0 aliphatic carbocycles. The summed E-state index contributed by atoms with van der Waals surface area (Å²) in [6, 6.07) is -4.41. The molecule has 22 atom stereocenters. The summed E-state index contributed by atoms with van der Waals surface area (Å²) in [7, 11) is -9.34. The summed E-state index contributed by atoms with van der Waals surface area (Å²) in [5.74, 6) is -4.84. The van der Waals surface area contributed by atoms with Crippen LogP contribution in [0.2, 0.25) is 0 Å². The average Bonchev–Trinajstić information content (AvgIpc) is 1.66. The van der Waals surface area contributed by atoms with Crippen molar-refractivity contribution in [3.8, 4) is 0 Å². The molecular weight excluding hydrogens is 1900 g/mol. The van der Waals surface area contributed by atoms with Gasteiger partial charge in [-0.25, -0.2) is 19.5 Å². The number of Topliss-reactive ketones (excluding diaryl/α,β-unsaturated/α-hetero) is 1. The number of imidazole rings is 1. The number of nitrogens with zero attached hydrogens (tertiary/aromatic N) is 5. The van der Waals surface area contributed by atoms with Crippen molar-refractivity contribution in [1.29, 1.82) is 0 Å². The van der Waals surface area contributed by atoms with Crippen LogP contribution in [0.25, 0.3) is 11.2 Å². The Hall–Kier alpha value is -7.82. The van der Waals surface area contributed by atoms with Crippen LogP contribution in [0.4, 0.5) is 5.82 Å². The summed E-state index contributed by atoms with van der Waals surface area (Å²) in [6.07, 6.45) is -16.0. The second-order valence-corrected chi connectivity index (χ2v) is 39.0. The molecule has 5 aliphatic heterocycles. The zero-order valence-electron chi connectivity index (χ0n) is 79.7. The second kappa shape index (κ2) is 61.5. The first-order valence-corrected chi connectivity index (χ1v) is 50.4. The van der Waals surface area contributed by atoms with Gasteiger partial charge in [-0.15, -0.1) is 0 Å². The van der Waals surface area contributed by atoms with Gasteiger partial charge in [0.05, 0.1) is 96.8 Å². The number of phosphoric ester groups is 1. The van der Waals surface area contributed by atoms with Gasteiger partial charge in [-0.05, 0) is 77.0 Å². The first-order valence-electron chi connectivity index (χ1n) is 47.3. The number of amides is 10. The number of nitrogens with one attached hydrogen (secondary N) is 9. The molecule has 23 N–H and O–H groups in total. The topological polar surface area (TPSA) is 766 Å². The molecule has 798 valence electrons. The van der Waals surface area contributed by atoms with Crippen LogP contribution in [0, 0.1) is 0 Å². The van der Waals surface area contributed by atoms with E-state index < -0.39 is 243 Å². The number of ether oxygens (including phenoxy) is 10. The molecule has 7 heterocycles. The van der Waals surface area contributed by atoms with E-state index >= 15 is 0 Å². The SMILES string of the molecule is CC(=O)NC1[C@H](OCCCCC(=O)NCCCCC(=O)CCOCC(COCCC(=O)NCCCNC(=O)CCCCO[C@@H]2OC(CO)[C@H](O)[C@H](O)C2NC(C)=O)(COCCC(=O)NCCCNC(=O)CCCCO[C@@H]2OC(CO)[C@H](O)[C@H](O)C2NC(C)=O)NC(=O)CCCC(=O)N2C[C@H](O)C[C@H]2COP(=O)(O)O[C@H]2C[C@H](n3cnc4c(N)ncnc43)O[C@@H]2COP(=O)(O)C(C)C)OC(CO)[C@H](O)[C@@H]1O. The fraction of sp³-hybridized carbons (Fsp3) is 0.812. The van der Waals surface area contributed by atoms with Gasteiger partial charge >= 0.3 is 15.4 Å². The number of nitrogen functional groups attached to an aromatic ring is 1. The Bertz CT molecular complexity index is 4050. The zero-order valence-corrected chi connectivity index (χ0v) is 81.5. The van der Waals surface area contributed by atoms with Crippen molar-refractivity contribution in [1.82, 2.24) is 72.3 Å². The number of carbonyl (C=O) groups is 11. The van der Waals surface area contributed by atoms with Crippen molar-refractivity contribution in [3.63, 3.8) is 0 Å². The molecule has 10 amide bonds. The predicted molar refractivity (Wildman–Crippen MR) is 486 cm³/mol. The Morgan fingerprint density at radius 2 is 0.900 bits per heavy atom. The fourth-order valence-electron chi connectivity index (χ4n) is 15.7. The van der Waals surface area contributed by atoms with Gasteiger partial charge in [-0.2, -0.15) is 0 Å². The zero-order chi connectivity index (χ0) is 103. The van der Waals surface area contributed by atoms with Crippen LogP contribution in [0.1, 0.15) is 182 Å². The number of ketones is 1. The summed E-state index contributed by atoms with van der Waals surface area (Å²) in [5.41, 5.74) is 3.97. The lowest BCUT2D eigenvalue weighted by Gasteiger charge is -2.42. The van der Waals surface area contributed by atoms with Crippen LogP contribution < -0.4 is 53.6 Å². The number of nitrogens with two attached hydrogens (primary N) is 1. The van der Waals surface area contributed by atoms with E-state index in [1.165, 1.54) is 56.7 Å². The van der Waals surface area contributed by atoms with E-state index in [0.29, 0.717) is 64.2 Å². The predicted octanol–water partition coefficient (Wildman–Crippen LogP) is -5.49. The summed E-state index contributed by atoms with van der Waals surface area (Å²) in [5, 5.41) is 127. The molecule has 0 saturated carbocycles. The molecular formula is C85H145N15O38P2. The molecule has 0 radical (unpaired) electrons. The second-order valence-electron chi connectivity index (χ2n) is 35.2. The van der Waals surface area contributed by atoms with Crippen molar-refractivity contribution in [3.05, 3.63) is 12.7 Å². The third kappa shape index (κ3) is 40.6. The van der Waals surface area contributed by atoms with Crippen LogP contribution in [0.15, 0.2) is 12.7 Å². The lowest BCUT2D eigenvalue weighted by molar-refractivity contribution is -0.270. The number of hydrogen-bond donors (Lipinski definition) is 22. The smallest absolute Gasteiger partial charge is 0.394 e. The van der Waals surface area contributed by atoms with Gasteiger partial charge in [0.25, 0.3) is 0 Å². The Morgan fingerprint density at radius 1 is 0.479 bits per heavy atom. The van der Waals surface area contributed by atoms with E-state index in [0.717, 1.165) is 0 Å². The number of anilines is 1. The van der Waals surface area contributed by atoms with E-state index in [1.807, 2.05) is 0 Å². The number of phosphoric acid groups is 1. The van der Waals surface area contributed by atoms with Gasteiger partial charge < -0.3 is 171 Å². The Morgan fingerprint density at radius 3 is 1.34 bits per heavy atom. The van der Waals surface area contributed by atoms with E-state index in [-0.39, 0.29) is 196 Å². The molecule has 2 aromatic heterocycles. The average molecular weight is 2050 g/mol. The lowest BCUT2D eigenvalue weighted by atomic mass is 9.97. The Balaban J connectivity index is 0.949. The fourth-order valence-corrected chi connectivity index (χ4v) is 17.3. The number of carbonyl (C=O) groups excluding carboxylic acids is 11. The molecule has 8 unspecified atom stereocenters. The molecule has 5 fully saturated rings. The minimum Gasteiger partial charge on any atom is -0.394 e. The molecule has 55 heteroatoms. The third-order valence-electron chi connectivity index (χ3n) is 23.4. The van der Waals surface area contributed by atoms with Crippen LogP contribution in [0.5, 0.6) is 0 Å². The number of aliphatic hydroxyl groups is 10. The summed E-state index contributed by atoms with van der Waals surface area (Å²) >= 11 is 0. The normalized spacial score (nSPS) is 26.5. The van der Waals surface area contributed by atoms with Crippen molar-refractivity contribution in [2.75, 3.05) is 137 Å². The standard InChI is InChI=1S/C85H145N15O38P2/c1-50(2)139(122,123)132-44-61-57(38-69(134-61)100-49-94-73-80(86)92-48-93-81(73)100)138-140(124,125)133-43-54-37-56(108)39-99(54)68(115)22-14-21-67(114)98-85(45-126-34-23-55(107)17-6-10-26-87-62(109)18-7-11-31-129-82-70(95-51(3)104)77(119)74(116)58(40-101)135-82,46-127-35-24-65(112)90-29-15-27-88-63(110)19-8-12-32-130-83-71(96-52(4)105)78(120)75(117)59(41-102)136-83)47-128-36-25-66(113)91-30-16-28-89-64(111)20-9-13-33-131-84-72(97-53(5)106)79(121)76(118)60(42-103)137-84/h48-50,54,56-61,69-72,74-79,82-84,101-103,108,116-121H,6-47H2,1-5H3,(H,87,109)(H,88,110)(H,89,111)(H,90,112)(H,91,113)(H,95,104)(H,96,105)(H,97,106)(H,98,114)(H,122,123)(H,124,125)(H2,86,92,93)/t54-,56+,57-,58?,59?,60?,61+,69+,70?,71?,72?,74-,75-,76-,77+,78+,79+,82+,83+,84+,85?/m0/s1. The van der Waals surface area contributed by atoms with Crippen molar-refractivity contribution >= 4 is 97.3 Å². The molecule has 0 bridgehead atoms. The summed E-state index contributed by atoms with van der Waals surface area (Å²) in [6.45, 7) is 2.17. The maximum absolute atomic E-state index is 14.4. The van der Waals surface area contributed by atoms with Gasteiger partial charge in [0.15, 0.2) is 30.3 Å². The molecule has 53 nitrogen and oxygen atoms in total. The highest BCUT2D eigenvalue weighted by Crippen LogP contribution is 2.52. The Kier molecular flexibility index (Phi) is 52.3. The first-order chi connectivity index (χ1) is 66.7. The van der Waals surface area contributed by atoms with Crippen molar-refractivity contribution in [2.45, 2.75) is 310 Å².